The first-order chi connectivity index (χ1) is 15.9. The number of carbonyl (C=O) groups is 2. The van der Waals surface area contributed by atoms with Crippen LogP contribution in [0.15, 0.2) is 71.8 Å². The number of carbonyl (C=O) groups excluding carboxylic acids is 2. The van der Waals surface area contributed by atoms with Gasteiger partial charge in [-0.05, 0) is 54.1 Å². The lowest BCUT2D eigenvalue weighted by Crippen LogP contribution is -2.20. The number of benzene rings is 3. The van der Waals surface area contributed by atoms with Crippen LogP contribution in [0.2, 0.25) is 10.0 Å². The van der Waals surface area contributed by atoms with E-state index in [0.29, 0.717) is 22.4 Å². The van der Waals surface area contributed by atoms with E-state index in [1.807, 2.05) is 0 Å². The number of nitrogens with one attached hydrogen (secondary N) is 2. The van der Waals surface area contributed by atoms with Gasteiger partial charge in [0.2, 0.25) is 11.8 Å². The minimum Gasteiger partial charge on any atom is -0.489 e. The van der Waals surface area contributed by atoms with E-state index in [2.05, 4.69) is 15.8 Å². The Hall–Kier alpha value is -3.42. The molecule has 170 valence electrons. The summed E-state index contributed by atoms with van der Waals surface area (Å²) < 4.78 is 19.2. The highest BCUT2D eigenvalue weighted by Crippen LogP contribution is 2.22. The van der Waals surface area contributed by atoms with Gasteiger partial charge in [0.15, 0.2) is 0 Å². The molecular weight excluding hydrogens is 468 g/mol. The second-order valence-electron chi connectivity index (χ2n) is 6.91. The Balaban J connectivity index is 1.40. The van der Waals surface area contributed by atoms with Crippen LogP contribution >= 0.6 is 23.2 Å². The fraction of sp³-hybridized carbons (Fsp3) is 0.125. The average molecular weight is 488 g/mol. The Morgan fingerprint density at radius 3 is 2.42 bits per heavy atom. The molecule has 0 saturated carbocycles. The van der Waals surface area contributed by atoms with Crippen LogP contribution in [0.25, 0.3) is 0 Å². The summed E-state index contributed by atoms with van der Waals surface area (Å²) in [4.78, 5) is 23.7. The fourth-order valence-corrected chi connectivity index (χ4v) is 3.15. The molecule has 0 bridgehead atoms. The number of hydrogen-bond acceptors (Lipinski definition) is 4. The third-order valence-electron chi connectivity index (χ3n) is 4.42. The summed E-state index contributed by atoms with van der Waals surface area (Å²) >= 11 is 12.0. The van der Waals surface area contributed by atoms with Gasteiger partial charge in [-0.15, -0.1) is 0 Å². The number of hydrazone groups is 1. The molecule has 2 N–H and O–H groups in total. The molecule has 0 aliphatic heterocycles. The SMILES string of the molecule is O=C(CCC(=O)Nc1ccccc1F)NN=Cc1ccc(OCc2ccc(Cl)cc2Cl)cc1. The Labute approximate surface area is 200 Å². The smallest absolute Gasteiger partial charge is 0.240 e. The molecular formula is C24H20Cl2FN3O3. The van der Waals surface area contributed by atoms with Gasteiger partial charge in [-0.1, -0.05) is 41.4 Å². The van der Waals surface area contributed by atoms with Crippen LogP contribution in [-0.4, -0.2) is 18.0 Å². The first-order valence-electron chi connectivity index (χ1n) is 9.94. The van der Waals surface area contributed by atoms with Gasteiger partial charge in [0.1, 0.15) is 18.2 Å². The minimum atomic E-state index is -0.537. The molecule has 0 aromatic heterocycles. The predicted molar refractivity (Wildman–Crippen MR) is 127 cm³/mol. The number of ether oxygens (including phenoxy) is 1. The molecule has 3 rings (SSSR count). The van der Waals surface area contributed by atoms with E-state index in [9.17, 15) is 14.0 Å². The summed E-state index contributed by atoms with van der Waals surface area (Å²) in [5.41, 5.74) is 3.98. The fourth-order valence-electron chi connectivity index (χ4n) is 2.69. The van der Waals surface area contributed by atoms with Crippen LogP contribution in [0, 0.1) is 5.82 Å². The quantitative estimate of drug-likeness (QED) is 0.305. The molecule has 33 heavy (non-hydrogen) atoms. The van der Waals surface area contributed by atoms with E-state index in [4.69, 9.17) is 27.9 Å². The van der Waals surface area contributed by atoms with Gasteiger partial charge in [0.05, 0.1) is 11.9 Å². The number of halogens is 3. The standard InChI is InChI=1S/C24H20Cl2FN3O3/c25-18-8-7-17(20(26)13-18)15-33-19-9-5-16(6-10-19)14-28-30-24(32)12-11-23(31)29-22-4-2-1-3-21(22)27/h1-10,13-14H,11-12,15H2,(H,29,31)(H,30,32). The molecule has 0 fully saturated rings. The zero-order valence-corrected chi connectivity index (χ0v) is 18.9. The number of hydrogen-bond donors (Lipinski definition) is 2. The number of para-hydroxylation sites is 1. The summed E-state index contributed by atoms with van der Waals surface area (Å²) in [6.45, 7) is 0.296. The minimum absolute atomic E-state index is 0.0737. The van der Waals surface area contributed by atoms with Crippen LogP contribution in [0.3, 0.4) is 0 Å². The first-order valence-corrected chi connectivity index (χ1v) is 10.7. The molecule has 3 aromatic rings. The molecule has 0 unspecified atom stereocenters. The third-order valence-corrected chi connectivity index (χ3v) is 5.01. The van der Waals surface area contributed by atoms with Gasteiger partial charge >= 0.3 is 0 Å². The lowest BCUT2D eigenvalue weighted by molar-refractivity contribution is -0.124. The molecule has 0 aliphatic carbocycles. The van der Waals surface area contributed by atoms with Gasteiger partial charge in [0, 0.05) is 28.5 Å². The molecule has 2 amide bonds. The van der Waals surface area contributed by atoms with Crippen molar-refractivity contribution >= 4 is 46.9 Å². The van der Waals surface area contributed by atoms with Gasteiger partial charge in [-0.3, -0.25) is 9.59 Å². The van der Waals surface area contributed by atoms with Gasteiger partial charge in [-0.25, -0.2) is 9.82 Å². The summed E-state index contributed by atoms with van der Waals surface area (Å²) in [5.74, 6) is -0.794. The van der Waals surface area contributed by atoms with Crippen molar-refractivity contribution in [2.75, 3.05) is 5.32 Å². The summed E-state index contributed by atoms with van der Waals surface area (Å²) in [6.07, 6.45) is 1.29. The maximum atomic E-state index is 13.5. The monoisotopic (exact) mass is 487 g/mol. The van der Waals surface area contributed by atoms with Crippen molar-refractivity contribution in [1.29, 1.82) is 0 Å². The van der Waals surface area contributed by atoms with Crippen molar-refractivity contribution in [2.45, 2.75) is 19.4 Å². The van der Waals surface area contributed by atoms with Crippen molar-refractivity contribution in [2.24, 2.45) is 5.10 Å². The second kappa shape index (κ2) is 12.0. The lowest BCUT2D eigenvalue weighted by atomic mass is 10.2. The highest BCUT2D eigenvalue weighted by molar-refractivity contribution is 6.35. The van der Waals surface area contributed by atoms with E-state index in [1.165, 1.54) is 24.4 Å². The molecule has 0 aliphatic rings. The largest absolute Gasteiger partial charge is 0.489 e. The van der Waals surface area contributed by atoms with E-state index in [0.717, 1.165) is 11.1 Å². The zero-order valence-electron chi connectivity index (χ0n) is 17.4. The van der Waals surface area contributed by atoms with Crippen LogP contribution in [0.4, 0.5) is 10.1 Å². The molecule has 0 radical (unpaired) electrons. The van der Waals surface area contributed by atoms with E-state index in [1.54, 1.807) is 48.5 Å². The molecule has 9 heteroatoms. The molecule has 0 spiro atoms. The summed E-state index contributed by atoms with van der Waals surface area (Å²) in [5, 5.41) is 7.39. The van der Waals surface area contributed by atoms with Crippen molar-refractivity contribution in [3.05, 3.63) is 93.7 Å². The highest BCUT2D eigenvalue weighted by Gasteiger charge is 2.09. The van der Waals surface area contributed by atoms with E-state index >= 15 is 0 Å². The zero-order chi connectivity index (χ0) is 23.6. The Morgan fingerprint density at radius 2 is 1.70 bits per heavy atom. The third kappa shape index (κ3) is 7.89. The van der Waals surface area contributed by atoms with Crippen LogP contribution in [0.5, 0.6) is 5.75 Å². The van der Waals surface area contributed by atoms with Crippen molar-refractivity contribution in [3.8, 4) is 5.75 Å². The topological polar surface area (TPSA) is 79.8 Å². The number of nitrogens with zero attached hydrogens (tertiary/aromatic N) is 1. The average Bonchev–Trinajstić information content (AvgIpc) is 2.79. The van der Waals surface area contributed by atoms with Crippen molar-refractivity contribution in [3.63, 3.8) is 0 Å². The van der Waals surface area contributed by atoms with Crippen LogP contribution in [-0.2, 0) is 16.2 Å². The number of rotatable bonds is 9. The van der Waals surface area contributed by atoms with E-state index in [-0.39, 0.29) is 18.5 Å². The predicted octanol–water partition coefficient (Wildman–Crippen LogP) is 5.58. The highest BCUT2D eigenvalue weighted by atomic mass is 35.5. The van der Waals surface area contributed by atoms with Crippen molar-refractivity contribution in [1.82, 2.24) is 5.43 Å². The molecule has 6 nitrogen and oxygen atoms in total. The number of amides is 2. The first kappa shape index (κ1) is 24.2. The molecule has 3 aromatic carbocycles. The van der Waals surface area contributed by atoms with E-state index < -0.39 is 17.6 Å². The van der Waals surface area contributed by atoms with Gasteiger partial charge in [0.25, 0.3) is 0 Å². The number of anilines is 1. The lowest BCUT2D eigenvalue weighted by Gasteiger charge is -2.08. The molecule has 0 atom stereocenters. The second-order valence-corrected chi connectivity index (χ2v) is 7.76. The summed E-state index contributed by atoms with van der Waals surface area (Å²) in [6, 6.07) is 18.1. The van der Waals surface area contributed by atoms with Gasteiger partial charge in [-0.2, -0.15) is 5.10 Å². The molecule has 0 heterocycles. The van der Waals surface area contributed by atoms with Crippen LogP contribution in [0.1, 0.15) is 24.0 Å². The normalized spacial score (nSPS) is 10.8. The Kier molecular flexibility index (Phi) is 8.80. The van der Waals surface area contributed by atoms with Crippen LogP contribution < -0.4 is 15.5 Å². The Morgan fingerprint density at radius 1 is 0.970 bits per heavy atom. The Bertz CT molecular complexity index is 1150. The molecule has 0 saturated heterocycles. The maximum Gasteiger partial charge on any atom is 0.240 e. The summed E-state index contributed by atoms with van der Waals surface area (Å²) in [7, 11) is 0. The maximum absolute atomic E-state index is 13.5. The van der Waals surface area contributed by atoms with Gasteiger partial charge < -0.3 is 10.1 Å². The van der Waals surface area contributed by atoms with Crippen molar-refractivity contribution < 1.29 is 18.7 Å².